The van der Waals surface area contributed by atoms with Crippen molar-refractivity contribution in [2.45, 2.75) is 19.3 Å². The quantitative estimate of drug-likeness (QED) is 0.134. The second-order valence-electron chi connectivity index (χ2n) is 13.3. The molecule has 9 rings (SSSR count). The Labute approximate surface area is 308 Å². The Kier molecular flexibility index (Phi) is 7.34. The van der Waals surface area contributed by atoms with Crippen molar-refractivity contribution in [3.63, 3.8) is 0 Å². The highest BCUT2D eigenvalue weighted by molar-refractivity contribution is 7.16. The van der Waals surface area contributed by atoms with Crippen LogP contribution < -0.4 is 4.90 Å². The molecule has 2 aromatic heterocycles. The predicted molar refractivity (Wildman–Crippen MR) is 210 cm³/mol. The summed E-state index contributed by atoms with van der Waals surface area (Å²) in [6, 6.07) is 45.2. The minimum atomic E-state index is -0.243. The lowest BCUT2D eigenvalue weighted by Gasteiger charge is -2.42. The molecule has 246 valence electrons. The molecule has 2 aliphatic rings. The molecule has 0 unspecified atom stereocenters. The van der Waals surface area contributed by atoms with Crippen LogP contribution in [0.3, 0.4) is 0 Å². The number of rotatable bonds is 4. The van der Waals surface area contributed by atoms with Gasteiger partial charge in [0.2, 0.25) is 0 Å². The predicted octanol–water partition coefficient (Wildman–Crippen LogP) is 11.3. The second-order valence-corrected chi connectivity index (χ2v) is 14.9. The van der Waals surface area contributed by atoms with Crippen molar-refractivity contribution in [2.75, 3.05) is 4.90 Å². The molecule has 7 aromatic rings. The number of Topliss-reactive ketones (excluding diaryl/α,β-unsaturated/α-hetero) is 1. The lowest BCUT2D eigenvalue weighted by atomic mass is 9.73. The van der Waals surface area contributed by atoms with E-state index in [1.165, 1.54) is 39.9 Å². The standard InChI is InChI=1S/C44H27N5OS2/c1-44(2)35-14-8-9-15-37(35)49(28-10-4-3-5-11-28)38-20-16-26(22-36(38)44)30-18-19-33(42-41(30)47-52-48-42)39-21-17-29(51-39)23-34-40(27(24-45)25-46)31-12-6-7-13-32(31)43(34)50/h3-23H,1-2H3/b34-23-. The van der Waals surface area contributed by atoms with Crippen molar-refractivity contribution in [3.05, 3.63) is 160 Å². The summed E-state index contributed by atoms with van der Waals surface area (Å²) in [5, 5.41) is 19.4. The summed E-state index contributed by atoms with van der Waals surface area (Å²) >= 11 is 2.72. The van der Waals surface area contributed by atoms with Crippen LogP contribution in [0.4, 0.5) is 17.1 Å². The average Bonchev–Trinajstić information content (AvgIpc) is 3.92. The molecule has 52 heavy (non-hydrogen) atoms. The first-order valence-electron chi connectivity index (χ1n) is 16.7. The number of aromatic nitrogens is 2. The van der Waals surface area contributed by atoms with Gasteiger partial charge in [-0.05, 0) is 70.8 Å². The topological polar surface area (TPSA) is 93.7 Å². The van der Waals surface area contributed by atoms with Crippen molar-refractivity contribution in [1.82, 2.24) is 8.75 Å². The van der Waals surface area contributed by atoms with Gasteiger partial charge < -0.3 is 4.90 Å². The Morgan fingerprint density at radius 1 is 0.712 bits per heavy atom. The first kappa shape index (κ1) is 31.5. The zero-order chi connectivity index (χ0) is 35.6. The van der Waals surface area contributed by atoms with Crippen molar-refractivity contribution >= 4 is 68.6 Å². The maximum Gasteiger partial charge on any atom is 0.194 e. The van der Waals surface area contributed by atoms with Crippen LogP contribution in [0.15, 0.2) is 132 Å². The minimum Gasteiger partial charge on any atom is -0.310 e. The highest BCUT2D eigenvalue weighted by Gasteiger charge is 2.37. The third-order valence-electron chi connectivity index (χ3n) is 10.1. The van der Waals surface area contributed by atoms with Crippen molar-refractivity contribution in [1.29, 1.82) is 10.5 Å². The molecule has 1 aliphatic carbocycles. The van der Waals surface area contributed by atoms with Gasteiger partial charge in [-0.3, -0.25) is 4.79 Å². The van der Waals surface area contributed by atoms with Crippen LogP contribution in [0.25, 0.3) is 44.3 Å². The number of hydrogen-bond acceptors (Lipinski definition) is 8. The van der Waals surface area contributed by atoms with E-state index < -0.39 is 0 Å². The average molecular weight is 706 g/mol. The second kappa shape index (κ2) is 12.1. The van der Waals surface area contributed by atoms with Gasteiger partial charge in [0.25, 0.3) is 0 Å². The lowest BCUT2D eigenvalue weighted by Crippen LogP contribution is -2.30. The smallest absolute Gasteiger partial charge is 0.194 e. The number of para-hydroxylation sites is 2. The number of thiophene rings is 1. The van der Waals surface area contributed by atoms with Crippen LogP contribution in [0.1, 0.15) is 45.8 Å². The normalized spacial score (nSPS) is 14.8. The fraction of sp³-hybridized carbons (Fsp3) is 0.0682. The zero-order valence-corrected chi connectivity index (χ0v) is 29.7. The van der Waals surface area contributed by atoms with Crippen LogP contribution in [-0.2, 0) is 5.41 Å². The van der Waals surface area contributed by atoms with Gasteiger partial charge in [-0.25, -0.2) is 0 Å². The Balaban J connectivity index is 1.12. The van der Waals surface area contributed by atoms with E-state index in [9.17, 15) is 15.3 Å². The van der Waals surface area contributed by atoms with Crippen LogP contribution >= 0.6 is 23.1 Å². The summed E-state index contributed by atoms with van der Waals surface area (Å²) in [4.78, 5) is 17.6. The number of fused-ring (bicyclic) bond motifs is 4. The molecular weight excluding hydrogens is 679 g/mol. The number of allylic oxidation sites excluding steroid dienone is 3. The molecule has 0 radical (unpaired) electrons. The molecule has 0 saturated carbocycles. The Hall–Kier alpha value is -6.45. The largest absolute Gasteiger partial charge is 0.310 e. The highest BCUT2D eigenvalue weighted by Crippen LogP contribution is 2.53. The molecule has 0 fully saturated rings. The molecular formula is C44H27N5OS2. The number of benzene rings is 5. The maximum absolute atomic E-state index is 13.5. The van der Waals surface area contributed by atoms with Gasteiger partial charge >= 0.3 is 0 Å². The molecule has 6 nitrogen and oxygen atoms in total. The number of carbonyl (C=O) groups is 1. The van der Waals surface area contributed by atoms with Gasteiger partial charge in [0.05, 0.1) is 23.1 Å². The van der Waals surface area contributed by atoms with E-state index in [2.05, 4.69) is 97.6 Å². The number of ketones is 1. The third-order valence-corrected chi connectivity index (χ3v) is 11.7. The molecule has 0 N–H and O–H groups in total. The highest BCUT2D eigenvalue weighted by atomic mass is 32.1. The fourth-order valence-electron chi connectivity index (χ4n) is 7.59. The van der Waals surface area contributed by atoms with Gasteiger partial charge in [0, 0.05) is 48.7 Å². The fourth-order valence-corrected chi connectivity index (χ4v) is 9.14. The van der Waals surface area contributed by atoms with Crippen LogP contribution in [0.2, 0.25) is 0 Å². The summed E-state index contributed by atoms with van der Waals surface area (Å²) in [7, 11) is 0. The summed E-state index contributed by atoms with van der Waals surface area (Å²) in [5.74, 6) is -0.192. The SMILES string of the molecule is CC1(C)c2ccccc2N(c2ccccc2)c2ccc(-c3ccc(-c4ccc(/C=C5\C(=O)c6ccccc6C5=C(C#N)C#N)s4)c4nsnc34)cc21. The Morgan fingerprint density at radius 3 is 2.17 bits per heavy atom. The van der Waals surface area contributed by atoms with Crippen LogP contribution in [0.5, 0.6) is 0 Å². The van der Waals surface area contributed by atoms with Gasteiger partial charge in [-0.2, -0.15) is 19.3 Å². The molecule has 0 spiro atoms. The van der Waals surface area contributed by atoms with Crippen LogP contribution in [-0.4, -0.2) is 14.5 Å². The molecule has 1 aliphatic heterocycles. The van der Waals surface area contributed by atoms with Crippen molar-refractivity contribution < 1.29 is 4.79 Å². The van der Waals surface area contributed by atoms with Gasteiger partial charge in [0.1, 0.15) is 28.7 Å². The summed E-state index contributed by atoms with van der Waals surface area (Å²) in [5.41, 5.74) is 12.2. The number of hydrogen-bond donors (Lipinski definition) is 0. The maximum atomic E-state index is 13.5. The Morgan fingerprint density at radius 2 is 1.38 bits per heavy atom. The van der Waals surface area contributed by atoms with Gasteiger partial charge in [-0.15, -0.1) is 11.3 Å². The molecule has 0 bridgehead atoms. The molecule has 0 amide bonds. The Bertz CT molecular complexity index is 2760. The van der Waals surface area contributed by atoms with E-state index in [0.717, 1.165) is 48.9 Å². The molecule has 3 heterocycles. The molecule has 8 heteroatoms. The van der Waals surface area contributed by atoms with E-state index in [1.54, 1.807) is 24.3 Å². The van der Waals surface area contributed by atoms with Gasteiger partial charge in [0.15, 0.2) is 5.78 Å². The summed E-state index contributed by atoms with van der Waals surface area (Å²) in [6.45, 7) is 4.59. The molecule has 0 atom stereocenters. The van der Waals surface area contributed by atoms with Crippen molar-refractivity contribution in [2.24, 2.45) is 0 Å². The molecule has 5 aromatic carbocycles. The van der Waals surface area contributed by atoms with Crippen molar-refractivity contribution in [3.8, 4) is 33.7 Å². The van der Waals surface area contributed by atoms with Crippen LogP contribution in [0, 0.1) is 22.7 Å². The van der Waals surface area contributed by atoms with E-state index >= 15 is 0 Å². The van der Waals surface area contributed by atoms with Gasteiger partial charge in [-0.1, -0.05) is 92.7 Å². The zero-order valence-electron chi connectivity index (χ0n) is 28.1. The summed E-state index contributed by atoms with van der Waals surface area (Å²) in [6.07, 6.45) is 1.79. The number of nitriles is 2. The number of nitrogens with zero attached hydrogens (tertiary/aromatic N) is 5. The number of carbonyl (C=O) groups excluding carboxylic acids is 1. The first-order chi connectivity index (χ1) is 25.4. The number of anilines is 3. The minimum absolute atomic E-state index is 0.0743. The van der Waals surface area contributed by atoms with E-state index in [0.29, 0.717) is 22.3 Å². The van der Waals surface area contributed by atoms with E-state index in [-0.39, 0.29) is 16.8 Å². The summed E-state index contributed by atoms with van der Waals surface area (Å²) < 4.78 is 9.57. The molecule has 0 saturated heterocycles. The lowest BCUT2D eigenvalue weighted by molar-refractivity contribution is 0.104. The van der Waals surface area contributed by atoms with E-state index in [1.807, 2.05) is 36.4 Å². The monoisotopic (exact) mass is 705 g/mol. The third kappa shape index (κ3) is 4.77. The first-order valence-corrected chi connectivity index (χ1v) is 18.3. The van der Waals surface area contributed by atoms with E-state index in [4.69, 9.17) is 8.75 Å².